The van der Waals surface area contributed by atoms with E-state index in [-0.39, 0.29) is 0 Å². The van der Waals surface area contributed by atoms with Gasteiger partial charge in [0.05, 0.1) is 0 Å². The van der Waals surface area contributed by atoms with E-state index in [1.807, 2.05) is 7.05 Å². The Morgan fingerprint density at radius 2 is 1.89 bits per heavy atom. The molecule has 2 N–H and O–H groups in total. The predicted octanol–water partition coefficient (Wildman–Crippen LogP) is 1.41. The standard InChI is InChI=1S/C7H16N2/c1-5-6(2)7(3)9-8-4/h8-9H,5H2,1-4H3/b7-6-. The van der Waals surface area contributed by atoms with E-state index in [1.165, 1.54) is 11.3 Å². The van der Waals surface area contributed by atoms with Crippen LogP contribution in [0.4, 0.5) is 0 Å². The maximum absolute atomic E-state index is 3.03. The summed E-state index contributed by atoms with van der Waals surface area (Å²) in [5.74, 6) is 0. The Labute approximate surface area is 57.3 Å². The first-order chi connectivity index (χ1) is 4.22. The van der Waals surface area contributed by atoms with Crippen molar-refractivity contribution in [3.63, 3.8) is 0 Å². The van der Waals surface area contributed by atoms with Crippen LogP contribution in [0.5, 0.6) is 0 Å². The fraction of sp³-hybridized carbons (Fsp3) is 0.714. The van der Waals surface area contributed by atoms with Crippen molar-refractivity contribution in [2.24, 2.45) is 0 Å². The Hall–Kier alpha value is -0.500. The summed E-state index contributed by atoms with van der Waals surface area (Å²) in [6, 6.07) is 0. The molecule has 9 heavy (non-hydrogen) atoms. The van der Waals surface area contributed by atoms with Crippen LogP contribution < -0.4 is 10.9 Å². The van der Waals surface area contributed by atoms with Crippen molar-refractivity contribution in [1.29, 1.82) is 0 Å². The summed E-state index contributed by atoms with van der Waals surface area (Å²) in [6.07, 6.45) is 1.11. The molecule has 0 atom stereocenters. The maximum Gasteiger partial charge on any atom is 0.0219 e. The zero-order chi connectivity index (χ0) is 7.28. The van der Waals surface area contributed by atoms with Crippen molar-refractivity contribution in [3.8, 4) is 0 Å². The Bertz CT molecular complexity index is 105. The molecule has 0 spiro atoms. The highest BCUT2D eigenvalue weighted by molar-refractivity contribution is 5.05. The zero-order valence-corrected chi connectivity index (χ0v) is 6.71. The smallest absolute Gasteiger partial charge is 0.0219 e. The molecule has 0 unspecified atom stereocenters. The van der Waals surface area contributed by atoms with Gasteiger partial charge in [-0.15, -0.1) is 0 Å². The van der Waals surface area contributed by atoms with Gasteiger partial charge >= 0.3 is 0 Å². The number of allylic oxidation sites excluding steroid dienone is 2. The third-order valence-electron chi connectivity index (χ3n) is 1.48. The largest absolute Gasteiger partial charge is 0.326 e. The first-order valence-electron chi connectivity index (χ1n) is 3.31. The van der Waals surface area contributed by atoms with Crippen LogP contribution in [0.1, 0.15) is 27.2 Å². The van der Waals surface area contributed by atoms with Crippen molar-refractivity contribution in [3.05, 3.63) is 11.3 Å². The van der Waals surface area contributed by atoms with Gasteiger partial charge in [0.25, 0.3) is 0 Å². The Morgan fingerprint density at radius 1 is 1.33 bits per heavy atom. The van der Waals surface area contributed by atoms with Crippen LogP contribution in [0, 0.1) is 0 Å². The second-order valence-corrected chi connectivity index (χ2v) is 2.13. The molecular weight excluding hydrogens is 112 g/mol. The molecule has 0 amide bonds. The third kappa shape index (κ3) is 3.14. The normalized spacial score (nSPS) is 12.9. The lowest BCUT2D eigenvalue weighted by Gasteiger charge is -2.06. The maximum atomic E-state index is 3.03. The van der Waals surface area contributed by atoms with E-state index < -0.39 is 0 Å². The van der Waals surface area contributed by atoms with E-state index >= 15 is 0 Å². The molecule has 0 fully saturated rings. The molecule has 0 radical (unpaired) electrons. The van der Waals surface area contributed by atoms with Gasteiger partial charge in [-0.1, -0.05) is 12.5 Å². The second kappa shape index (κ2) is 4.39. The Morgan fingerprint density at radius 3 is 2.22 bits per heavy atom. The van der Waals surface area contributed by atoms with Crippen molar-refractivity contribution >= 4 is 0 Å². The first kappa shape index (κ1) is 8.50. The van der Waals surface area contributed by atoms with Crippen LogP contribution in [0.3, 0.4) is 0 Å². The summed E-state index contributed by atoms with van der Waals surface area (Å²) in [7, 11) is 1.87. The third-order valence-corrected chi connectivity index (χ3v) is 1.48. The lowest BCUT2D eigenvalue weighted by Crippen LogP contribution is -2.26. The predicted molar refractivity (Wildman–Crippen MR) is 40.9 cm³/mol. The van der Waals surface area contributed by atoms with Gasteiger partial charge < -0.3 is 5.43 Å². The van der Waals surface area contributed by atoms with Gasteiger partial charge in [-0.2, -0.15) is 0 Å². The van der Waals surface area contributed by atoms with E-state index in [2.05, 4.69) is 31.6 Å². The SMILES string of the molecule is CC/C(C)=C(/C)NNC. The van der Waals surface area contributed by atoms with E-state index in [9.17, 15) is 0 Å². The van der Waals surface area contributed by atoms with Gasteiger partial charge in [-0.05, 0) is 20.3 Å². The van der Waals surface area contributed by atoms with Gasteiger partial charge in [0.15, 0.2) is 0 Å². The molecule has 54 valence electrons. The van der Waals surface area contributed by atoms with E-state index in [0.29, 0.717) is 0 Å². The fourth-order valence-electron chi connectivity index (χ4n) is 0.559. The molecule has 0 saturated carbocycles. The number of hydrazine groups is 1. The average molecular weight is 128 g/mol. The number of hydrogen-bond donors (Lipinski definition) is 2. The van der Waals surface area contributed by atoms with Crippen molar-refractivity contribution < 1.29 is 0 Å². The quantitative estimate of drug-likeness (QED) is 0.562. The summed E-state index contributed by atoms with van der Waals surface area (Å²) in [4.78, 5) is 0. The van der Waals surface area contributed by atoms with Crippen LogP contribution in [0.2, 0.25) is 0 Å². The first-order valence-corrected chi connectivity index (χ1v) is 3.31. The summed E-state index contributed by atoms with van der Waals surface area (Å²) < 4.78 is 0. The van der Waals surface area contributed by atoms with Gasteiger partial charge in [0, 0.05) is 12.7 Å². The monoisotopic (exact) mass is 128 g/mol. The van der Waals surface area contributed by atoms with Crippen LogP contribution in [0.25, 0.3) is 0 Å². The summed E-state index contributed by atoms with van der Waals surface area (Å²) in [5, 5.41) is 0. The molecule has 0 aromatic rings. The van der Waals surface area contributed by atoms with Crippen molar-refractivity contribution in [2.45, 2.75) is 27.2 Å². The summed E-state index contributed by atoms with van der Waals surface area (Å²) in [5.41, 5.74) is 8.52. The summed E-state index contributed by atoms with van der Waals surface area (Å²) in [6.45, 7) is 6.34. The minimum absolute atomic E-state index is 1.11. The van der Waals surface area contributed by atoms with E-state index in [1.54, 1.807) is 0 Å². The fourth-order valence-corrected chi connectivity index (χ4v) is 0.559. The zero-order valence-electron chi connectivity index (χ0n) is 6.71. The van der Waals surface area contributed by atoms with Gasteiger partial charge in [0.1, 0.15) is 0 Å². The Balaban J connectivity index is 3.78. The van der Waals surface area contributed by atoms with Crippen LogP contribution in [-0.4, -0.2) is 7.05 Å². The lowest BCUT2D eigenvalue weighted by atomic mass is 10.2. The molecule has 0 bridgehead atoms. The molecule has 0 heterocycles. The van der Waals surface area contributed by atoms with Crippen LogP contribution in [-0.2, 0) is 0 Å². The van der Waals surface area contributed by atoms with Gasteiger partial charge in [-0.25, -0.2) is 5.43 Å². The molecule has 0 aliphatic rings. The highest BCUT2D eigenvalue weighted by atomic mass is 15.3. The van der Waals surface area contributed by atoms with E-state index in [0.717, 1.165) is 6.42 Å². The molecule has 0 rings (SSSR count). The second-order valence-electron chi connectivity index (χ2n) is 2.13. The minimum Gasteiger partial charge on any atom is -0.326 e. The van der Waals surface area contributed by atoms with Crippen molar-refractivity contribution in [2.75, 3.05) is 7.05 Å². The Kier molecular flexibility index (Phi) is 4.14. The highest BCUT2D eigenvalue weighted by Crippen LogP contribution is 2.01. The molecule has 0 aromatic carbocycles. The average Bonchev–Trinajstić information content (AvgIpc) is 1.87. The molecule has 0 aliphatic heterocycles. The molecular formula is C7H16N2. The van der Waals surface area contributed by atoms with Crippen molar-refractivity contribution in [1.82, 2.24) is 10.9 Å². The topological polar surface area (TPSA) is 24.1 Å². The van der Waals surface area contributed by atoms with Gasteiger partial charge in [0.2, 0.25) is 0 Å². The van der Waals surface area contributed by atoms with Gasteiger partial charge in [-0.3, -0.25) is 0 Å². The van der Waals surface area contributed by atoms with E-state index in [4.69, 9.17) is 0 Å². The van der Waals surface area contributed by atoms with Crippen LogP contribution in [0.15, 0.2) is 11.3 Å². The highest BCUT2D eigenvalue weighted by Gasteiger charge is 1.89. The molecule has 2 heteroatoms. The number of hydrogen-bond acceptors (Lipinski definition) is 2. The minimum atomic E-state index is 1.11. The lowest BCUT2D eigenvalue weighted by molar-refractivity contribution is 0.677. The molecule has 0 aliphatic carbocycles. The number of nitrogens with one attached hydrogen (secondary N) is 2. The molecule has 0 saturated heterocycles. The molecule has 2 nitrogen and oxygen atoms in total. The summed E-state index contributed by atoms with van der Waals surface area (Å²) >= 11 is 0. The van der Waals surface area contributed by atoms with Crippen LogP contribution >= 0.6 is 0 Å². The molecule has 0 aromatic heterocycles. The number of rotatable bonds is 3.